The summed E-state index contributed by atoms with van der Waals surface area (Å²) >= 11 is 2.23. The maximum absolute atomic E-state index is 11.5. The Labute approximate surface area is 95.5 Å². The topological polar surface area (TPSA) is 39.8 Å². The summed E-state index contributed by atoms with van der Waals surface area (Å²) in [5, 5.41) is 12.5. The minimum Gasteiger partial charge on any atom is -0.711 e. The molecule has 0 unspecified atom stereocenters. The van der Waals surface area contributed by atoms with Crippen LogP contribution < -0.4 is 4.73 Å². The lowest BCUT2D eigenvalue weighted by atomic mass is 10.2. The molecule has 0 fully saturated rings. The molecule has 2 rings (SSSR count). The number of aromatic nitrogens is 2. The molecule has 0 bridgehead atoms. The van der Waals surface area contributed by atoms with Crippen LogP contribution >= 0.6 is 22.6 Å². The fourth-order valence-corrected chi connectivity index (χ4v) is 1.96. The molecule has 0 saturated heterocycles. The lowest BCUT2D eigenvalue weighted by Crippen LogP contribution is -2.35. The average molecular weight is 300 g/mol. The number of aryl methyl sites for hydroxylation is 2. The van der Waals surface area contributed by atoms with Crippen LogP contribution in [0.15, 0.2) is 18.2 Å². The maximum atomic E-state index is 11.5. The van der Waals surface area contributed by atoms with E-state index in [1.54, 1.807) is 6.92 Å². The van der Waals surface area contributed by atoms with E-state index in [0.29, 0.717) is 11.5 Å². The molecular weight excluding hydrogens is 291 g/mol. The third kappa shape index (κ3) is 1.43. The molecule has 1 aromatic carbocycles. The minimum atomic E-state index is 0.496. The number of fused-ring (bicyclic) bond motifs is 1. The van der Waals surface area contributed by atoms with E-state index in [9.17, 15) is 5.21 Å². The van der Waals surface area contributed by atoms with Gasteiger partial charge in [-0.3, -0.25) is 0 Å². The van der Waals surface area contributed by atoms with Gasteiger partial charge in [0, 0.05) is 10.5 Å². The highest BCUT2D eigenvalue weighted by Gasteiger charge is 2.11. The number of nitrogens with zero attached hydrogens (tertiary/aromatic N) is 2. The molecule has 0 aliphatic carbocycles. The van der Waals surface area contributed by atoms with Gasteiger partial charge in [-0.05, 0) is 52.7 Å². The van der Waals surface area contributed by atoms with Crippen molar-refractivity contribution in [1.29, 1.82) is 0 Å². The largest absolute Gasteiger partial charge is 0.711 e. The van der Waals surface area contributed by atoms with E-state index in [-0.39, 0.29) is 0 Å². The van der Waals surface area contributed by atoms with Gasteiger partial charge in [-0.25, -0.2) is 4.73 Å². The summed E-state index contributed by atoms with van der Waals surface area (Å²) in [5.41, 5.74) is 1.60. The van der Waals surface area contributed by atoms with Crippen LogP contribution in [0.25, 0.3) is 10.9 Å². The molecule has 0 aliphatic rings. The Balaban J connectivity index is 2.92. The second-order valence-corrected chi connectivity index (χ2v) is 4.45. The number of hydrogen-bond acceptors (Lipinski definition) is 2. The van der Waals surface area contributed by atoms with E-state index in [1.807, 2.05) is 25.1 Å². The predicted octanol–water partition coefficient (Wildman–Crippen LogP) is 2.09. The van der Waals surface area contributed by atoms with E-state index in [0.717, 1.165) is 19.2 Å². The number of rotatable bonds is 0. The average Bonchev–Trinajstić information content (AvgIpc) is 2.16. The van der Waals surface area contributed by atoms with Crippen molar-refractivity contribution >= 4 is 33.5 Å². The molecule has 14 heavy (non-hydrogen) atoms. The molecule has 0 N–H and O–H groups in total. The predicted molar refractivity (Wildman–Crippen MR) is 62.9 cm³/mol. The van der Waals surface area contributed by atoms with Crippen molar-refractivity contribution < 1.29 is 4.73 Å². The smallest absolute Gasteiger partial charge is 0.299 e. The molecule has 0 atom stereocenters. The van der Waals surface area contributed by atoms with Gasteiger partial charge in [0.15, 0.2) is 5.52 Å². The van der Waals surface area contributed by atoms with Gasteiger partial charge in [0.25, 0.3) is 5.82 Å². The first-order valence-corrected chi connectivity index (χ1v) is 5.33. The molecule has 0 radical (unpaired) electrons. The lowest BCUT2D eigenvalue weighted by Gasteiger charge is -2.08. The standard InChI is InChI=1S/C10H9IN2O/c1-6-9-5-8(11)3-4-10(9)12-7(2)13(6)14/h3-5H,1-2H3. The van der Waals surface area contributed by atoms with Gasteiger partial charge in [-0.15, -0.1) is 0 Å². The summed E-state index contributed by atoms with van der Waals surface area (Å²) in [7, 11) is 0. The molecule has 1 aromatic heterocycles. The second kappa shape index (κ2) is 3.34. The summed E-state index contributed by atoms with van der Waals surface area (Å²) in [4.78, 5) is 4.22. The Morgan fingerprint density at radius 2 is 2.07 bits per heavy atom. The molecule has 0 aliphatic heterocycles. The van der Waals surface area contributed by atoms with Crippen LogP contribution in [0, 0.1) is 22.6 Å². The zero-order valence-corrected chi connectivity index (χ0v) is 10.1. The Bertz CT molecular complexity index is 511. The Hall–Kier alpha value is -0.910. The number of hydrogen-bond donors (Lipinski definition) is 0. The van der Waals surface area contributed by atoms with E-state index < -0.39 is 0 Å². The monoisotopic (exact) mass is 300 g/mol. The molecule has 2 aromatic rings. The first-order chi connectivity index (χ1) is 6.59. The quantitative estimate of drug-likeness (QED) is 0.424. The van der Waals surface area contributed by atoms with E-state index >= 15 is 0 Å². The Morgan fingerprint density at radius 1 is 1.36 bits per heavy atom. The molecule has 0 spiro atoms. The summed E-state index contributed by atoms with van der Waals surface area (Å²) in [6, 6.07) is 5.91. The third-order valence-electron chi connectivity index (χ3n) is 2.23. The van der Waals surface area contributed by atoms with Crippen molar-refractivity contribution in [3.8, 4) is 0 Å². The van der Waals surface area contributed by atoms with Gasteiger partial charge in [0.05, 0.1) is 5.39 Å². The van der Waals surface area contributed by atoms with E-state index in [4.69, 9.17) is 0 Å². The number of benzene rings is 1. The fourth-order valence-electron chi connectivity index (χ4n) is 1.47. The zero-order valence-electron chi connectivity index (χ0n) is 7.91. The molecular formula is C10H9IN2O. The first kappa shape index (κ1) is 9.64. The van der Waals surface area contributed by atoms with Crippen LogP contribution in [0.3, 0.4) is 0 Å². The summed E-state index contributed by atoms with van der Waals surface area (Å²) in [6.07, 6.45) is 0. The van der Waals surface area contributed by atoms with Crippen molar-refractivity contribution in [2.75, 3.05) is 0 Å². The van der Waals surface area contributed by atoms with Gasteiger partial charge in [-0.2, -0.15) is 0 Å². The summed E-state index contributed by atoms with van der Waals surface area (Å²) < 4.78 is 1.99. The molecule has 0 saturated carbocycles. The highest BCUT2D eigenvalue weighted by molar-refractivity contribution is 14.1. The van der Waals surface area contributed by atoms with Crippen LogP contribution in [0.2, 0.25) is 0 Å². The van der Waals surface area contributed by atoms with Crippen LogP contribution in [-0.2, 0) is 0 Å². The van der Waals surface area contributed by atoms with Gasteiger partial charge >= 0.3 is 0 Å². The Kier molecular flexibility index (Phi) is 2.30. The van der Waals surface area contributed by atoms with Gasteiger partial charge in [-0.1, -0.05) is 0 Å². The van der Waals surface area contributed by atoms with Crippen molar-refractivity contribution in [3.05, 3.63) is 38.5 Å². The molecule has 1 heterocycles. The first-order valence-electron chi connectivity index (χ1n) is 4.25. The van der Waals surface area contributed by atoms with Crippen LogP contribution in [0.1, 0.15) is 11.5 Å². The normalized spacial score (nSPS) is 10.8. The van der Waals surface area contributed by atoms with Crippen molar-refractivity contribution in [2.45, 2.75) is 13.8 Å². The molecule has 0 amide bonds. The van der Waals surface area contributed by atoms with E-state index in [2.05, 4.69) is 27.6 Å². The Morgan fingerprint density at radius 3 is 2.79 bits per heavy atom. The lowest BCUT2D eigenvalue weighted by molar-refractivity contribution is -0.620. The van der Waals surface area contributed by atoms with E-state index in [1.165, 1.54) is 0 Å². The van der Waals surface area contributed by atoms with Crippen molar-refractivity contribution in [3.63, 3.8) is 0 Å². The van der Waals surface area contributed by atoms with Crippen molar-refractivity contribution in [2.24, 2.45) is 0 Å². The highest BCUT2D eigenvalue weighted by Crippen LogP contribution is 2.17. The van der Waals surface area contributed by atoms with Gasteiger partial charge < -0.3 is 5.21 Å². The molecule has 72 valence electrons. The second-order valence-electron chi connectivity index (χ2n) is 3.20. The fraction of sp³-hybridized carbons (Fsp3) is 0.200. The van der Waals surface area contributed by atoms with Crippen molar-refractivity contribution in [1.82, 2.24) is 4.98 Å². The van der Waals surface area contributed by atoms with Crippen LogP contribution in [-0.4, -0.2) is 4.98 Å². The summed E-state index contributed by atoms with van der Waals surface area (Å²) in [5.74, 6) is 0.496. The highest BCUT2D eigenvalue weighted by atomic mass is 127. The maximum Gasteiger partial charge on any atom is 0.299 e. The van der Waals surface area contributed by atoms with Gasteiger partial charge in [0.2, 0.25) is 0 Å². The summed E-state index contributed by atoms with van der Waals surface area (Å²) in [6.45, 7) is 3.54. The third-order valence-corrected chi connectivity index (χ3v) is 2.90. The minimum absolute atomic E-state index is 0.496. The van der Waals surface area contributed by atoms with Gasteiger partial charge in [0.1, 0.15) is 5.69 Å². The number of halogens is 1. The SMILES string of the molecule is Cc1nc2ccc(I)cc2c(C)[n+]1[O-]. The molecule has 3 nitrogen and oxygen atoms in total. The van der Waals surface area contributed by atoms with Crippen LogP contribution in [0.5, 0.6) is 0 Å². The van der Waals surface area contributed by atoms with Crippen LogP contribution in [0.4, 0.5) is 0 Å². The molecule has 4 heteroatoms. The zero-order chi connectivity index (χ0) is 10.3.